The molecule has 0 spiro atoms. The zero-order valence-corrected chi connectivity index (χ0v) is 12.4. The van der Waals surface area contributed by atoms with Crippen molar-refractivity contribution in [3.05, 3.63) is 0 Å². The number of rotatable bonds is 6. The van der Waals surface area contributed by atoms with Crippen molar-refractivity contribution in [2.24, 2.45) is 0 Å². The fourth-order valence-electron chi connectivity index (χ4n) is 2.31. The number of nitrogens with one attached hydrogen (secondary N) is 2. The van der Waals surface area contributed by atoms with Crippen molar-refractivity contribution in [3.63, 3.8) is 0 Å². The normalized spacial score (nSPS) is 17.4. The third kappa shape index (κ3) is 6.36. The van der Waals surface area contributed by atoms with Gasteiger partial charge in [-0.2, -0.15) is 0 Å². The van der Waals surface area contributed by atoms with Crippen molar-refractivity contribution in [3.8, 4) is 0 Å². The van der Waals surface area contributed by atoms with E-state index in [-0.39, 0.29) is 11.4 Å². The first kappa shape index (κ1) is 15.4. The molecule has 0 aliphatic heterocycles. The second-order valence-corrected chi connectivity index (χ2v) is 6.37. The summed E-state index contributed by atoms with van der Waals surface area (Å²) in [6.07, 6.45) is 5.35. The van der Waals surface area contributed by atoms with Crippen LogP contribution >= 0.6 is 0 Å². The first-order valence-corrected chi connectivity index (χ1v) is 7.10. The molecule has 106 valence electrons. The highest BCUT2D eigenvalue weighted by atomic mass is 16.1. The Balaban J connectivity index is 2.07. The third-order valence-electron chi connectivity index (χ3n) is 3.51. The topological polar surface area (TPSA) is 44.4 Å². The van der Waals surface area contributed by atoms with Gasteiger partial charge >= 0.3 is 0 Å². The van der Waals surface area contributed by atoms with Crippen molar-refractivity contribution in [2.75, 3.05) is 26.7 Å². The SMILES string of the molecule is CN(CCNC(=O)CNC(C)(C)C)C1CCCC1. The maximum absolute atomic E-state index is 11.6. The molecule has 0 bridgehead atoms. The number of amides is 1. The van der Waals surface area contributed by atoms with Crippen LogP contribution in [0.3, 0.4) is 0 Å². The zero-order valence-electron chi connectivity index (χ0n) is 12.4. The number of hydrogen-bond acceptors (Lipinski definition) is 3. The van der Waals surface area contributed by atoms with Crippen LogP contribution < -0.4 is 10.6 Å². The Bertz CT molecular complexity index is 254. The van der Waals surface area contributed by atoms with E-state index in [2.05, 4.69) is 43.4 Å². The van der Waals surface area contributed by atoms with Crippen molar-refractivity contribution in [1.82, 2.24) is 15.5 Å². The summed E-state index contributed by atoms with van der Waals surface area (Å²) < 4.78 is 0. The molecular formula is C14H29N3O. The molecule has 1 aliphatic carbocycles. The predicted molar refractivity (Wildman–Crippen MR) is 75.7 cm³/mol. The Labute approximate surface area is 111 Å². The molecule has 1 saturated carbocycles. The van der Waals surface area contributed by atoms with Gasteiger partial charge in [0.15, 0.2) is 0 Å². The maximum atomic E-state index is 11.6. The average Bonchev–Trinajstić information content (AvgIpc) is 2.78. The average molecular weight is 255 g/mol. The quantitative estimate of drug-likeness (QED) is 0.753. The molecule has 0 radical (unpaired) electrons. The Morgan fingerprint density at radius 3 is 2.44 bits per heavy atom. The minimum absolute atomic E-state index is 0.00200. The Morgan fingerprint density at radius 2 is 1.89 bits per heavy atom. The largest absolute Gasteiger partial charge is 0.354 e. The van der Waals surface area contributed by atoms with Gasteiger partial charge in [0.25, 0.3) is 0 Å². The minimum atomic E-state index is -0.00200. The molecule has 0 aromatic rings. The zero-order chi connectivity index (χ0) is 13.6. The van der Waals surface area contributed by atoms with Crippen LogP contribution in [0.2, 0.25) is 0 Å². The van der Waals surface area contributed by atoms with Gasteiger partial charge in [-0.3, -0.25) is 4.79 Å². The third-order valence-corrected chi connectivity index (χ3v) is 3.51. The lowest BCUT2D eigenvalue weighted by atomic mass is 10.1. The van der Waals surface area contributed by atoms with Gasteiger partial charge in [-0.1, -0.05) is 12.8 Å². The summed E-state index contributed by atoms with van der Waals surface area (Å²) in [7, 11) is 2.16. The van der Waals surface area contributed by atoms with Crippen molar-refractivity contribution in [1.29, 1.82) is 0 Å². The molecule has 0 atom stereocenters. The Kier molecular flexibility index (Phi) is 6.09. The molecule has 0 aromatic heterocycles. The number of carbonyl (C=O) groups is 1. The van der Waals surface area contributed by atoms with Crippen LogP contribution in [0.25, 0.3) is 0 Å². The van der Waals surface area contributed by atoms with E-state index in [0.717, 1.165) is 19.1 Å². The summed E-state index contributed by atoms with van der Waals surface area (Å²) >= 11 is 0. The van der Waals surface area contributed by atoms with Gasteiger partial charge in [0.2, 0.25) is 5.91 Å². The van der Waals surface area contributed by atoms with Crippen LogP contribution in [-0.4, -0.2) is 49.1 Å². The molecule has 0 saturated heterocycles. The molecule has 4 heteroatoms. The van der Waals surface area contributed by atoms with E-state index in [1.54, 1.807) is 0 Å². The highest BCUT2D eigenvalue weighted by molar-refractivity contribution is 5.78. The van der Waals surface area contributed by atoms with Crippen molar-refractivity contribution in [2.45, 2.75) is 58.0 Å². The van der Waals surface area contributed by atoms with Crippen LogP contribution in [0.5, 0.6) is 0 Å². The second-order valence-electron chi connectivity index (χ2n) is 6.37. The first-order valence-electron chi connectivity index (χ1n) is 7.10. The van der Waals surface area contributed by atoms with Gasteiger partial charge in [-0.25, -0.2) is 0 Å². The lowest BCUT2D eigenvalue weighted by Gasteiger charge is -2.24. The lowest BCUT2D eigenvalue weighted by molar-refractivity contribution is -0.120. The summed E-state index contributed by atoms with van der Waals surface area (Å²) in [5.41, 5.74) is -0.00200. The molecule has 2 N–H and O–H groups in total. The minimum Gasteiger partial charge on any atom is -0.354 e. The van der Waals surface area contributed by atoms with Crippen LogP contribution in [-0.2, 0) is 4.79 Å². The van der Waals surface area contributed by atoms with Gasteiger partial charge in [-0.15, -0.1) is 0 Å². The van der Waals surface area contributed by atoms with E-state index in [1.807, 2.05) is 0 Å². The van der Waals surface area contributed by atoms with Crippen LogP contribution in [0, 0.1) is 0 Å². The molecule has 1 amide bonds. The van der Waals surface area contributed by atoms with Gasteiger partial charge in [0.05, 0.1) is 6.54 Å². The molecule has 18 heavy (non-hydrogen) atoms. The molecule has 1 fully saturated rings. The number of hydrogen-bond donors (Lipinski definition) is 2. The standard InChI is InChI=1S/C14H29N3O/c1-14(2,3)16-11-13(18)15-9-10-17(4)12-7-5-6-8-12/h12,16H,5-11H2,1-4H3,(H,15,18). The summed E-state index contributed by atoms with van der Waals surface area (Å²) in [5, 5.41) is 6.16. The molecule has 0 aromatic carbocycles. The monoisotopic (exact) mass is 255 g/mol. The Morgan fingerprint density at radius 1 is 1.28 bits per heavy atom. The summed E-state index contributed by atoms with van der Waals surface area (Å²) in [4.78, 5) is 14.0. The van der Waals surface area contributed by atoms with E-state index in [1.165, 1.54) is 25.7 Å². The Hall–Kier alpha value is -0.610. The van der Waals surface area contributed by atoms with Crippen LogP contribution in [0.15, 0.2) is 0 Å². The smallest absolute Gasteiger partial charge is 0.234 e. The van der Waals surface area contributed by atoms with Crippen LogP contribution in [0.1, 0.15) is 46.5 Å². The number of carbonyl (C=O) groups excluding carboxylic acids is 1. The fraction of sp³-hybridized carbons (Fsp3) is 0.929. The summed E-state index contributed by atoms with van der Waals surface area (Å²) in [6.45, 7) is 8.29. The molecule has 0 heterocycles. The maximum Gasteiger partial charge on any atom is 0.234 e. The summed E-state index contributed by atoms with van der Waals surface area (Å²) in [6, 6.07) is 0.731. The number of nitrogens with zero attached hydrogens (tertiary/aromatic N) is 1. The highest BCUT2D eigenvalue weighted by Crippen LogP contribution is 2.21. The van der Waals surface area contributed by atoms with Gasteiger partial charge < -0.3 is 15.5 Å². The molecule has 1 aliphatic rings. The van der Waals surface area contributed by atoms with Crippen molar-refractivity contribution >= 4 is 5.91 Å². The number of likely N-dealkylation sites (N-methyl/N-ethyl adjacent to an activating group) is 1. The van der Waals surface area contributed by atoms with Crippen LogP contribution in [0.4, 0.5) is 0 Å². The fourth-order valence-corrected chi connectivity index (χ4v) is 2.31. The lowest BCUT2D eigenvalue weighted by Crippen LogP contribution is -2.45. The van der Waals surface area contributed by atoms with E-state index in [4.69, 9.17) is 0 Å². The van der Waals surface area contributed by atoms with E-state index >= 15 is 0 Å². The highest BCUT2D eigenvalue weighted by Gasteiger charge is 2.19. The molecular weight excluding hydrogens is 226 g/mol. The van der Waals surface area contributed by atoms with Gasteiger partial charge in [-0.05, 0) is 40.7 Å². The molecule has 1 rings (SSSR count). The van der Waals surface area contributed by atoms with E-state index in [0.29, 0.717) is 6.54 Å². The molecule has 0 unspecified atom stereocenters. The van der Waals surface area contributed by atoms with Crippen molar-refractivity contribution < 1.29 is 4.79 Å². The van der Waals surface area contributed by atoms with Gasteiger partial charge in [0, 0.05) is 24.7 Å². The second kappa shape index (κ2) is 7.10. The predicted octanol–water partition coefficient (Wildman–Crippen LogP) is 1.37. The first-order chi connectivity index (χ1) is 8.38. The van der Waals surface area contributed by atoms with Gasteiger partial charge in [0.1, 0.15) is 0 Å². The van der Waals surface area contributed by atoms with E-state index in [9.17, 15) is 4.79 Å². The summed E-state index contributed by atoms with van der Waals surface area (Å²) in [5.74, 6) is 0.0877. The van der Waals surface area contributed by atoms with E-state index < -0.39 is 0 Å². The molecule has 4 nitrogen and oxygen atoms in total.